The highest BCUT2D eigenvalue weighted by Gasteiger charge is 2.51. The third kappa shape index (κ3) is 4.93. The smallest absolute Gasteiger partial charge is 0.291 e. The van der Waals surface area contributed by atoms with Gasteiger partial charge >= 0.3 is 0 Å². The number of nitrogens with zero attached hydrogens (tertiary/aromatic N) is 2. The Bertz CT molecular complexity index is 1240. The predicted molar refractivity (Wildman–Crippen MR) is 132 cm³/mol. The van der Waals surface area contributed by atoms with Crippen LogP contribution in [0.15, 0.2) is 67.0 Å². The van der Waals surface area contributed by atoms with Gasteiger partial charge in [0.15, 0.2) is 17.3 Å². The number of amides is 1. The molecular weight excluding hydrogens is 460 g/mol. The van der Waals surface area contributed by atoms with Crippen LogP contribution in [0, 0.1) is 5.92 Å². The van der Waals surface area contributed by atoms with Gasteiger partial charge in [-0.05, 0) is 53.9 Å². The Kier molecular flexibility index (Phi) is 7.63. The van der Waals surface area contributed by atoms with Gasteiger partial charge in [-0.15, -0.1) is 0 Å². The van der Waals surface area contributed by atoms with Crippen molar-refractivity contribution in [1.82, 2.24) is 9.88 Å². The van der Waals surface area contributed by atoms with E-state index in [1.165, 1.54) is 25.2 Å². The van der Waals surface area contributed by atoms with Gasteiger partial charge < -0.3 is 19.1 Å². The summed E-state index contributed by atoms with van der Waals surface area (Å²) in [6, 6.07) is 14.7. The van der Waals surface area contributed by atoms with Crippen LogP contribution in [-0.2, 0) is 16.1 Å². The number of ether oxygens (including phenoxy) is 3. The Morgan fingerprint density at radius 1 is 1.00 bits per heavy atom. The summed E-state index contributed by atoms with van der Waals surface area (Å²) in [5.74, 6) is -1.61. The topological polar surface area (TPSA) is 95.0 Å². The van der Waals surface area contributed by atoms with E-state index in [4.69, 9.17) is 14.2 Å². The van der Waals surface area contributed by atoms with Gasteiger partial charge in [0, 0.05) is 24.5 Å². The molecule has 0 spiro atoms. The molecule has 8 heteroatoms. The minimum Gasteiger partial charge on any atom is -0.494 e. The average molecular weight is 489 g/mol. The molecule has 2 atom stereocenters. The van der Waals surface area contributed by atoms with Gasteiger partial charge in [0.25, 0.3) is 5.91 Å². The SMILES string of the molecule is CCCOc1ccc(C2C(C(=O)c3ccc(OC)c(OC)c3)C(=O)C(=O)N2Cc2cccnc2)cc1. The van der Waals surface area contributed by atoms with Crippen LogP contribution in [0.25, 0.3) is 0 Å². The average Bonchev–Trinajstić information content (AvgIpc) is 3.16. The van der Waals surface area contributed by atoms with Gasteiger partial charge in [-0.25, -0.2) is 0 Å². The van der Waals surface area contributed by atoms with Crippen molar-refractivity contribution in [3.05, 3.63) is 83.7 Å². The first-order chi connectivity index (χ1) is 17.5. The van der Waals surface area contributed by atoms with Crippen molar-refractivity contribution in [2.45, 2.75) is 25.9 Å². The number of aromatic nitrogens is 1. The fourth-order valence-corrected chi connectivity index (χ4v) is 4.37. The molecule has 1 aliphatic rings. The van der Waals surface area contributed by atoms with Crippen molar-refractivity contribution in [3.63, 3.8) is 0 Å². The van der Waals surface area contributed by atoms with Crippen molar-refractivity contribution >= 4 is 17.5 Å². The van der Waals surface area contributed by atoms with Crippen LogP contribution in [-0.4, -0.2) is 48.2 Å². The normalized spacial score (nSPS) is 17.2. The maximum absolute atomic E-state index is 13.7. The maximum atomic E-state index is 13.7. The number of ketones is 2. The lowest BCUT2D eigenvalue weighted by molar-refractivity contribution is -0.141. The van der Waals surface area contributed by atoms with E-state index in [1.54, 1.807) is 54.9 Å². The van der Waals surface area contributed by atoms with Crippen LogP contribution in [0.3, 0.4) is 0 Å². The summed E-state index contributed by atoms with van der Waals surface area (Å²) in [5, 5.41) is 0. The van der Waals surface area contributed by atoms with Gasteiger partial charge in [-0.1, -0.05) is 25.1 Å². The van der Waals surface area contributed by atoms with Gasteiger partial charge in [-0.2, -0.15) is 0 Å². The molecule has 2 unspecified atom stereocenters. The van der Waals surface area contributed by atoms with Crippen LogP contribution in [0.2, 0.25) is 0 Å². The number of likely N-dealkylation sites (tertiary alicyclic amines) is 1. The van der Waals surface area contributed by atoms with E-state index < -0.39 is 29.4 Å². The minimum atomic E-state index is -1.21. The molecule has 0 N–H and O–H groups in total. The molecule has 0 bridgehead atoms. The lowest BCUT2D eigenvalue weighted by Gasteiger charge is -2.27. The Labute approximate surface area is 209 Å². The molecule has 1 aromatic heterocycles. The lowest BCUT2D eigenvalue weighted by Crippen LogP contribution is -2.30. The molecule has 36 heavy (non-hydrogen) atoms. The number of carbonyl (C=O) groups is 3. The highest BCUT2D eigenvalue weighted by molar-refractivity contribution is 6.44. The van der Waals surface area contributed by atoms with E-state index in [0.29, 0.717) is 29.4 Å². The monoisotopic (exact) mass is 488 g/mol. The van der Waals surface area contributed by atoms with Crippen molar-refractivity contribution in [2.24, 2.45) is 5.92 Å². The van der Waals surface area contributed by atoms with Gasteiger partial charge in [0.1, 0.15) is 11.7 Å². The second kappa shape index (κ2) is 11.0. The van der Waals surface area contributed by atoms with Crippen molar-refractivity contribution < 1.29 is 28.6 Å². The Hall–Kier alpha value is -4.20. The maximum Gasteiger partial charge on any atom is 0.291 e. The first kappa shape index (κ1) is 24.9. The van der Waals surface area contributed by atoms with Crippen molar-refractivity contribution in [1.29, 1.82) is 0 Å². The molecule has 0 radical (unpaired) electrons. The quantitative estimate of drug-likeness (QED) is 0.241. The number of rotatable bonds is 10. The van der Waals surface area contributed by atoms with Crippen molar-refractivity contribution in [3.8, 4) is 17.2 Å². The summed E-state index contributed by atoms with van der Waals surface area (Å²) < 4.78 is 16.3. The van der Waals surface area contributed by atoms with Gasteiger partial charge in [-0.3, -0.25) is 19.4 Å². The Morgan fingerprint density at radius 2 is 1.75 bits per heavy atom. The minimum absolute atomic E-state index is 0.146. The highest BCUT2D eigenvalue weighted by atomic mass is 16.5. The number of Topliss-reactive ketones (excluding diaryl/α,β-unsaturated/α-hetero) is 2. The molecule has 186 valence electrons. The Balaban J connectivity index is 1.74. The molecule has 3 aromatic rings. The molecule has 2 aromatic carbocycles. The number of benzene rings is 2. The van der Waals surface area contributed by atoms with E-state index in [-0.39, 0.29) is 12.1 Å². The number of pyridine rings is 1. The molecule has 1 aliphatic heterocycles. The molecule has 8 nitrogen and oxygen atoms in total. The molecule has 1 amide bonds. The fourth-order valence-electron chi connectivity index (χ4n) is 4.37. The molecule has 1 saturated heterocycles. The molecule has 0 saturated carbocycles. The third-order valence-corrected chi connectivity index (χ3v) is 6.13. The fraction of sp³-hybridized carbons (Fsp3) is 0.286. The van der Waals surface area contributed by atoms with Crippen LogP contribution < -0.4 is 14.2 Å². The number of methoxy groups -OCH3 is 2. The summed E-state index contributed by atoms with van der Waals surface area (Å²) in [7, 11) is 2.97. The van der Waals surface area contributed by atoms with Crippen LogP contribution in [0.5, 0.6) is 17.2 Å². The lowest BCUT2D eigenvalue weighted by atomic mass is 9.86. The largest absolute Gasteiger partial charge is 0.494 e. The van der Waals surface area contributed by atoms with E-state index in [1.807, 2.05) is 13.0 Å². The highest BCUT2D eigenvalue weighted by Crippen LogP contribution is 2.40. The molecule has 4 rings (SSSR count). The zero-order valence-corrected chi connectivity index (χ0v) is 20.5. The van der Waals surface area contributed by atoms with E-state index >= 15 is 0 Å². The summed E-state index contributed by atoms with van der Waals surface area (Å²) in [6.45, 7) is 2.74. The molecule has 0 aliphatic carbocycles. The standard InChI is InChI=1S/C28H28N2O6/c1-4-14-36-21-10-7-19(8-11-21)25-24(26(31)20-9-12-22(34-2)23(15-20)35-3)27(32)28(33)30(25)17-18-6-5-13-29-16-18/h5-13,15-16,24-25H,4,14,17H2,1-3H3. The number of hydrogen-bond donors (Lipinski definition) is 0. The van der Waals surface area contributed by atoms with E-state index in [9.17, 15) is 14.4 Å². The van der Waals surface area contributed by atoms with Gasteiger partial charge in [0.2, 0.25) is 5.78 Å². The van der Waals surface area contributed by atoms with E-state index in [0.717, 1.165) is 12.0 Å². The predicted octanol–water partition coefficient (Wildman–Crippen LogP) is 4.04. The van der Waals surface area contributed by atoms with Crippen LogP contribution >= 0.6 is 0 Å². The number of hydrogen-bond acceptors (Lipinski definition) is 7. The summed E-state index contributed by atoms with van der Waals surface area (Å²) in [6.07, 6.45) is 4.14. The second-order valence-electron chi connectivity index (χ2n) is 8.43. The van der Waals surface area contributed by atoms with Crippen LogP contribution in [0.4, 0.5) is 0 Å². The van der Waals surface area contributed by atoms with Gasteiger partial charge in [0.05, 0.1) is 26.9 Å². The molecule has 2 heterocycles. The Morgan fingerprint density at radius 3 is 2.39 bits per heavy atom. The number of carbonyl (C=O) groups excluding carboxylic acids is 3. The summed E-state index contributed by atoms with van der Waals surface area (Å²) in [4.78, 5) is 45.8. The molecular formula is C28H28N2O6. The second-order valence-corrected chi connectivity index (χ2v) is 8.43. The summed E-state index contributed by atoms with van der Waals surface area (Å²) in [5.41, 5.74) is 1.68. The van der Waals surface area contributed by atoms with Crippen LogP contribution in [0.1, 0.15) is 40.9 Å². The zero-order valence-electron chi connectivity index (χ0n) is 20.5. The van der Waals surface area contributed by atoms with Crippen molar-refractivity contribution in [2.75, 3.05) is 20.8 Å². The third-order valence-electron chi connectivity index (χ3n) is 6.13. The van der Waals surface area contributed by atoms with E-state index in [2.05, 4.69) is 4.98 Å². The zero-order chi connectivity index (χ0) is 25.7. The molecule has 1 fully saturated rings. The first-order valence-electron chi connectivity index (χ1n) is 11.7. The first-order valence-corrected chi connectivity index (χ1v) is 11.7. The summed E-state index contributed by atoms with van der Waals surface area (Å²) >= 11 is 0.